The van der Waals surface area contributed by atoms with Gasteiger partial charge in [0, 0.05) is 25.2 Å². The van der Waals surface area contributed by atoms with Crippen LogP contribution in [0.3, 0.4) is 0 Å². The molecule has 0 heterocycles. The van der Waals surface area contributed by atoms with Crippen molar-refractivity contribution in [1.29, 1.82) is 0 Å². The fraction of sp³-hybridized carbons (Fsp3) is 0.357. The lowest BCUT2D eigenvalue weighted by atomic mass is 10.2. The second-order valence-electron chi connectivity index (χ2n) is 3.91. The molecule has 1 rings (SSSR count). The molecule has 1 amide bonds. The van der Waals surface area contributed by atoms with Crippen LogP contribution >= 0.6 is 0 Å². The minimum Gasteiger partial charge on any atom is -0.353 e. The molecule has 0 bridgehead atoms. The molecule has 1 aromatic rings. The average molecular weight is 232 g/mol. The van der Waals surface area contributed by atoms with Crippen molar-refractivity contribution in [3.63, 3.8) is 0 Å². The third-order valence-corrected chi connectivity index (χ3v) is 2.36. The summed E-state index contributed by atoms with van der Waals surface area (Å²) in [5, 5.41) is 6.05. The Balaban J connectivity index is 2.30. The Kier molecular flexibility index (Phi) is 6.04. The van der Waals surface area contributed by atoms with Gasteiger partial charge in [-0.15, -0.1) is 0 Å². The zero-order valence-corrected chi connectivity index (χ0v) is 10.4. The van der Waals surface area contributed by atoms with Crippen LogP contribution < -0.4 is 10.6 Å². The van der Waals surface area contributed by atoms with E-state index < -0.39 is 0 Å². The topological polar surface area (TPSA) is 41.1 Å². The molecule has 0 saturated carbocycles. The highest BCUT2D eigenvalue weighted by Gasteiger charge is 1.98. The molecular weight excluding hydrogens is 212 g/mol. The minimum atomic E-state index is -0.0409. The molecule has 0 aliphatic rings. The molecule has 1 aromatic carbocycles. The number of rotatable bonds is 6. The van der Waals surface area contributed by atoms with E-state index >= 15 is 0 Å². The third kappa shape index (κ3) is 5.88. The normalized spacial score (nSPS) is 12.6. The molecule has 0 unspecified atom stereocenters. The fourth-order valence-electron chi connectivity index (χ4n) is 1.41. The number of hydrogen-bond acceptors (Lipinski definition) is 2. The molecule has 0 aromatic heterocycles. The van der Waals surface area contributed by atoms with Gasteiger partial charge in [-0.1, -0.05) is 36.4 Å². The van der Waals surface area contributed by atoms with E-state index in [4.69, 9.17) is 0 Å². The Bertz CT molecular complexity index is 360. The number of carbonyl (C=O) groups excluding carboxylic acids is 1. The van der Waals surface area contributed by atoms with Gasteiger partial charge in [0.1, 0.15) is 0 Å². The quantitative estimate of drug-likeness (QED) is 0.735. The van der Waals surface area contributed by atoms with Gasteiger partial charge in [0.25, 0.3) is 0 Å². The first-order valence-corrected chi connectivity index (χ1v) is 5.95. The predicted octanol–water partition coefficient (Wildman–Crippen LogP) is 1.86. The lowest BCUT2D eigenvalue weighted by Crippen LogP contribution is -2.25. The number of hydrogen-bond donors (Lipinski definition) is 2. The third-order valence-electron chi connectivity index (χ3n) is 2.36. The van der Waals surface area contributed by atoms with E-state index in [2.05, 4.69) is 22.8 Å². The summed E-state index contributed by atoms with van der Waals surface area (Å²) >= 11 is 0. The van der Waals surface area contributed by atoms with Gasteiger partial charge in [-0.2, -0.15) is 0 Å². The van der Waals surface area contributed by atoms with Crippen LogP contribution in [-0.4, -0.2) is 18.5 Å². The highest BCUT2D eigenvalue weighted by molar-refractivity contribution is 5.87. The van der Waals surface area contributed by atoms with Gasteiger partial charge in [-0.25, -0.2) is 0 Å². The molecule has 17 heavy (non-hydrogen) atoms. The van der Waals surface area contributed by atoms with Crippen molar-refractivity contribution >= 4 is 5.91 Å². The molecule has 0 aliphatic heterocycles. The predicted molar refractivity (Wildman–Crippen MR) is 70.6 cm³/mol. The number of amides is 1. The number of likely N-dealkylation sites (N-methyl/N-ethyl adjacent to an activating group) is 1. The number of nitrogens with one attached hydrogen (secondary N) is 2. The second kappa shape index (κ2) is 7.63. The molecule has 2 N–H and O–H groups in total. The molecule has 92 valence electrons. The second-order valence-corrected chi connectivity index (χ2v) is 3.91. The maximum Gasteiger partial charge on any atom is 0.243 e. The minimum absolute atomic E-state index is 0.0409. The molecule has 1 atom stereocenters. The molecule has 0 saturated heterocycles. The largest absolute Gasteiger partial charge is 0.353 e. The SMILES string of the molecule is CCNC(=O)/C=C/[C@@H](C)NCc1ccccc1. The molecule has 0 spiro atoms. The van der Waals surface area contributed by atoms with E-state index in [1.54, 1.807) is 6.08 Å². The van der Waals surface area contributed by atoms with Gasteiger partial charge < -0.3 is 10.6 Å². The smallest absolute Gasteiger partial charge is 0.243 e. The lowest BCUT2D eigenvalue weighted by Gasteiger charge is -2.09. The van der Waals surface area contributed by atoms with Gasteiger partial charge in [0.2, 0.25) is 5.91 Å². The molecule has 3 nitrogen and oxygen atoms in total. The number of benzene rings is 1. The van der Waals surface area contributed by atoms with Crippen molar-refractivity contribution in [2.24, 2.45) is 0 Å². The highest BCUT2D eigenvalue weighted by Crippen LogP contribution is 1.98. The van der Waals surface area contributed by atoms with Gasteiger partial charge in [-0.05, 0) is 19.4 Å². The molecule has 0 fully saturated rings. The van der Waals surface area contributed by atoms with Crippen LogP contribution in [0.4, 0.5) is 0 Å². The summed E-state index contributed by atoms with van der Waals surface area (Å²) in [7, 11) is 0. The summed E-state index contributed by atoms with van der Waals surface area (Å²) in [5.74, 6) is -0.0409. The lowest BCUT2D eigenvalue weighted by molar-refractivity contribution is -0.116. The Labute approximate surface area is 103 Å². The van der Waals surface area contributed by atoms with Crippen LogP contribution in [-0.2, 0) is 11.3 Å². The van der Waals surface area contributed by atoms with Crippen LogP contribution in [0.15, 0.2) is 42.5 Å². The van der Waals surface area contributed by atoms with Crippen LogP contribution in [0, 0.1) is 0 Å². The summed E-state index contributed by atoms with van der Waals surface area (Å²) < 4.78 is 0. The van der Waals surface area contributed by atoms with Crippen molar-refractivity contribution < 1.29 is 4.79 Å². The average Bonchev–Trinajstić information content (AvgIpc) is 2.35. The Morgan fingerprint density at radius 2 is 2.06 bits per heavy atom. The maximum atomic E-state index is 11.2. The molecular formula is C14H20N2O. The van der Waals surface area contributed by atoms with E-state index in [1.165, 1.54) is 5.56 Å². The van der Waals surface area contributed by atoms with Gasteiger partial charge in [0.15, 0.2) is 0 Å². The van der Waals surface area contributed by atoms with Crippen LogP contribution in [0.1, 0.15) is 19.4 Å². The van der Waals surface area contributed by atoms with Gasteiger partial charge >= 0.3 is 0 Å². The van der Waals surface area contributed by atoms with Crippen molar-refractivity contribution in [2.45, 2.75) is 26.4 Å². The summed E-state index contributed by atoms with van der Waals surface area (Å²) in [4.78, 5) is 11.2. The van der Waals surface area contributed by atoms with Gasteiger partial charge in [-0.3, -0.25) is 4.79 Å². The summed E-state index contributed by atoms with van der Waals surface area (Å²) in [6.07, 6.45) is 3.44. The first kappa shape index (κ1) is 13.5. The maximum absolute atomic E-state index is 11.2. The fourth-order valence-corrected chi connectivity index (χ4v) is 1.41. The monoisotopic (exact) mass is 232 g/mol. The van der Waals surface area contributed by atoms with Crippen LogP contribution in [0.2, 0.25) is 0 Å². The van der Waals surface area contributed by atoms with Crippen molar-refractivity contribution in [2.75, 3.05) is 6.54 Å². The Morgan fingerprint density at radius 3 is 2.71 bits per heavy atom. The highest BCUT2D eigenvalue weighted by atomic mass is 16.1. The van der Waals surface area contributed by atoms with Crippen molar-refractivity contribution in [1.82, 2.24) is 10.6 Å². The first-order valence-electron chi connectivity index (χ1n) is 5.95. The van der Waals surface area contributed by atoms with Gasteiger partial charge in [0.05, 0.1) is 0 Å². The van der Waals surface area contributed by atoms with Crippen molar-refractivity contribution in [3.05, 3.63) is 48.0 Å². The van der Waals surface area contributed by atoms with E-state index in [1.807, 2.05) is 38.1 Å². The van der Waals surface area contributed by atoms with E-state index in [0.29, 0.717) is 6.54 Å². The summed E-state index contributed by atoms with van der Waals surface area (Å²) in [6, 6.07) is 10.4. The van der Waals surface area contributed by atoms with Crippen LogP contribution in [0.25, 0.3) is 0 Å². The summed E-state index contributed by atoms with van der Waals surface area (Å²) in [6.45, 7) is 5.40. The zero-order valence-electron chi connectivity index (χ0n) is 10.4. The zero-order chi connectivity index (χ0) is 12.5. The van der Waals surface area contributed by atoms with E-state index in [9.17, 15) is 4.79 Å². The Hall–Kier alpha value is -1.61. The Morgan fingerprint density at radius 1 is 1.35 bits per heavy atom. The molecule has 0 radical (unpaired) electrons. The van der Waals surface area contributed by atoms with Crippen LogP contribution in [0.5, 0.6) is 0 Å². The van der Waals surface area contributed by atoms with E-state index in [-0.39, 0.29) is 11.9 Å². The molecule has 3 heteroatoms. The standard InChI is InChI=1S/C14H20N2O/c1-3-15-14(17)10-9-12(2)16-11-13-7-5-4-6-8-13/h4-10,12,16H,3,11H2,1-2H3,(H,15,17)/b10-9+/t12-/m1/s1. The van der Waals surface area contributed by atoms with E-state index in [0.717, 1.165) is 6.54 Å². The first-order chi connectivity index (χ1) is 8.22. The van der Waals surface area contributed by atoms with Crippen molar-refractivity contribution in [3.8, 4) is 0 Å². The number of carbonyl (C=O) groups is 1. The molecule has 0 aliphatic carbocycles. The summed E-state index contributed by atoms with van der Waals surface area (Å²) in [5.41, 5.74) is 1.24.